The van der Waals surface area contributed by atoms with Crippen molar-refractivity contribution in [1.82, 2.24) is 10.2 Å². The monoisotopic (exact) mass is 440 g/mol. The molecule has 0 atom stereocenters. The van der Waals surface area contributed by atoms with Gasteiger partial charge in [-0.2, -0.15) is 13.2 Å². The maximum Gasteiger partial charge on any atom is 0.416 e. The number of halogens is 3. The van der Waals surface area contributed by atoms with Gasteiger partial charge in [-0.15, -0.1) is 10.2 Å². The molecule has 0 aliphatic rings. The topological polar surface area (TPSA) is 98.0 Å². The Balaban J connectivity index is 1.62. The lowest BCUT2D eigenvalue weighted by Gasteiger charge is -2.08. The molecular weight excluding hydrogens is 429 g/mol. The van der Waals surface area contributed by atoms with E-state index in [0.29, 0.717) is 15.7 Å². The first-order valence-corrected chi connectivity index (χ1v) is 9.71. The Kier molecular flexibility index (Phi) is 6.13. The molecule has 0 bridgehead atoms. The fourth-order valence-corrected chi connectivity index (χ4v) is 3.92. The van der Waals surface area contributed by atoms with Crippen molar-refractivity contribution >= 4 is 39.8 Å². The third-order valence-electron chi connectivity index (χ3n) is 3.56. The van der Waals surface area contributed by atoms with Crippen molar-refractivity contribution in [2.45, 2.75) is 16.3 Å². The predicted octanol–water partition coefficient (Wildman–Crippen LogP) is 5.01. The summed E-state index contributed by atoms with van der Waals surface area (Å²) in [6, 6.07) is 10.2. The summed E-state index contributed by atoms with van der Waals surface area (Å²) < 4.78 is 38.8. The average Bonchev–Trinajstić information content (AvgIpc) is 3.13. The molecule has 2 aromatic carbocycles. The number of rotatable bonds is 6. The van der Waals surface area contributed by atoms with Crippen LogP contribution in [0.3, 0.4) is 0 Å². The second kappa shape index (κ2) is 8.57. The highest BCUT2D eigenvalue weighted by Crippen LogP contribution is 2.31. The molecule has 0 unspecified atom stereocenters. The lowest BCUT2D eigenvalue weighted by molar-refractivity contribution is -0.384. The Morgan fingerprint density at radius 3 is 2.66 bits per heavy atom. The normalized spacial score (nSPS) is 11.3. The van der Waals surface area contributed by atoms with Crippen LogP contribution in [0, 0.1) is 10.1 Å². The van der Waals surface area contributed by atoms with E-state index in [-0.39, 0.29) is 16.4 Å². The summed E-state index contributed by atoms with van der Waals surface area (Å²) in [6.07, 6.45) is -4.55. The van der Waals surface area contributed by atoms with Crippen molar-refractivity contribution in [3.8, 4) is 0 Å². The Morgan fingerprint density at radius 2 is 1.93 bits per heavy atom. The van der Waals surface area contributed by atoms with Gasteiger partial charge < -0.3 is 0 Å². The van der Waals surface area contributed by atoms with Gasteiger partial charge in [0.25, 0.3) is 11.6 Å². The van der Waals surface area contributed by atoms with Crippen molar-refractivity contribution in [2.75, 3.05) is 5.32 Å². The molecule has 0 radical (unpaired) electrons. The minimum atomic E-state index is -4.55. The van der Waals surface area contributed by atoms with Crippen LogP contribution in [-0.4, -0.2) is 21.0 Å². The molecule has 150 valence electrons. The van der Waals surface area contributed by atoms with Crippen LogP contribution in [0.1, 0.15) is 21.5 Å². The molecular formula is C17H11F3N4O3S2. The van der Waals surface area contributed by atoms with E-state index in [1.807, 2.05) is 0 Å². The number of anilines is 1. The van der Waals surface area contributed by atoms with Gasteiger partial charge in [-0.1, -0.05) is 41.3 Å². The first-order chi connectivity index (χ1) is 13.7. The maximum absolute atomic E-state index is 12.8. The molecule has 3 aromatic rings. The SMILES string of the molecule is O=C(Nc1nnc(SCc2cccc([N+](=O)[O-])c2)s1)c1cccc(C(F)(F)F)c1. The van der Waals surface area contributed by atoms with Crippen molar-refractivity contribution in [2.24, 2.45) is 0 Å². The smallest absolute Gasteiger partial charge is 0.296 e. The molecule has 1 heterocycles. The highest BCUT2D eigenvalue weighted by molar-refractivity contribution is 8.00. The standard InChI is InChI=1S/C17H11F3N4O3S2/c18-17(19,20)12-5-2-4-11(8-12)14(25)21-15-22-23-16(29-15)28-9-10-3-1-6-13(7-10)24(26)27/h1-8H,9H2,(H,21,22,25). The van der Waals surface area contributed by atoms with Gasteiger partial charge in [-0.3, -0.25) is 20.2 Å². The number of amides is 1. The van der Waals surface area contributed by atoms with Crippen LogP contribution in [0.2, 0.25) is 0 Å². The Labute approximate surface area is 170 Å². The molecule has 0 saturated heterocycles. The Bertz CT molecular complexity index is 1060. The molecule has 1 amide bonds. The number of hydrogen-bond acceptors (Lipinski definition) is 7. The fourth-order valence-electron chi connectivity index (χ4n) is 2.23. The van der Waals surface area contributed by atoms with Gasteiger partial charge in [0.05, 0.1) is 10.5 Å². The summed E-state index contributed by atoms with van der Waals surface area (Å²) in [6.45, 7) is 0. The molecule has 29 heavy (non-hydrogen) atoms. The summed E-state index contributed by atoms with van der Waals surface area (Å²) in [7, 11) is 0. The summed E-state index contributed by atoms with van der Waals surface area (Å²) in [5, 5.41) is 21.0. The van der Waals surface area contributed by atoms with E-state index in [0.717, 1.165) is 29.5 Å². The van der Waals surface area contributed by atoms with Gasteiger partial charge >= 0.3 is 6.18 Å². The van der Waals surface area contributed by atoms with E-state index in [9.17, 15) is 28.1 Å². The zero-order valence-electron chi connectivity index (χ0n) is 14.3. The molecule has 12 heteroatoms. The second-order valence-corrected chi connectivity index (χ2v) is 7.82. The van der Waals surface area contributed by atoms with Crippen molar-refractivity contribution in [3.63, 3.8) is 0 Å². The minimum absolute atomic E-state index is 0.0191. The summed E-state index contributed by atoms with van der Waals surface area (Å²) in [5.74, 6) is -0.333. The van der Waals surface area contributed by atoms with E-state index in [1.54, 1.807) is 12.1 Å². The van der Waals surface area contributed by atoms with Gasteiger partial charge in [0.2, 0.25) is 5.13 Å². The zero-order chi connectivity index (χ0) is 21.0. The molecule has 0 spiro atoms. The van der Waals surface area contributed by atoms with Gasteiger partial charge in [-0.05, 0) is 23.8 Å². The van der Waals surface area contributed by atoms with Gasteiger partial charge in [0.15, 0.2) is 4.34 Å². The van der Waals surface area contributed by atoms with Crippen LogP contribution in [0.4, 0.5) is 24.0 Å². The van der Waals surface area contributed by atoms with Crippen LogP contribution < -0.4 is 5.32 Å². The second-order valence-electron chi connectivity index (χ2n) is 5.62. The average molecular weight is 440 g/mol. The van der Waals surface area contributed by atoms with Crippen molar-refractivity contribution < 1.29 is 22.9 Å². The number of nitrogens with zero attached hydrogens (tertiary/aromatic N) is 3. The molecule has 0 fully saturated rings. The van der Waals surface area contributed by atoms with Crippen LogP contribution in [0.15, 0.2) is 52.9 Å². The number of aromatic nitrogens is 2. The molecule has 0 aliphatic carbocycles. The lowest BCUT2D eigenvalue weighted by Crippen LogP contribution is -2.13. The van der Waals surface area contributed by atoms with Crippen LogP contribution in [-0.2, 0) is 11.9 Å². The van der Waals surface area contributed by atoms with Gasteiger partial charge in [0.1, 0.15) is 0 Å². The van der Waals surface area contributed by atoms with E-state index in [4.69, 9.17) is 0 Å². The third-order valence-corrected chi connectivity index (χ3v) is 5.61. The molecule has 0 saturated carbocycles. The fraction of sp³-hybridized carbons (Fsp3) is 0.118. The van der Waals surface area contributed by atoms with Gasteiger partial charge in [-0.25, -0.2) is 0 Å². The predicted molar refractivity (Wildman–Crippen MR) is 102 cm³/mol. The van der Waals surface area contributed by atoms with E-state index in [1.165, 1.54) is 30.0 Å². The van der Waals surface area contributed by atoms with E-state index in [2.05, 4.69) is 15.5 Å². The lowest BCUT2D eigenvalue weighted by atomic mass is 10.1. The number of nitrogens with one attached hydrogen (secondary N) is 1. The number of hydrogen-bond donors (Lipinski definition) is 1. The van der Waals surface area contributed by atoms with E-state index < -0.39 is 22.6 Å². The molecule has 7 nitrogen and oxygen atoms in total. The summed E-state index contributed by atoms with van der Waals surface area (Å²) in [4.78, 5) is 22.5. The largest absolute Gasteiger partial charge is 0.416 e. The molecule has 0 aliphatic heterocycles. The number of nitro groups is 1. The van der Waals surface area contributed by atoms with Crippen molar-refractivity contribution in [3.05, 3.63) is 75.3 Å². The molecule has 1 N–H and O–H groups in total. The van der Waals surface area contributed by atoms with E-state index >= 15 is 0 Å². The molecule has 3 rings (SSSR count). The number of carbonyl (C=O) groups excluding carboxylic acids is 1. The highest BCUT2D eigenvalue weighted by Gasteiger charge is 2.31. The number of alkyl halides is 3. The highest BCUT2D eigenvalue weighted by atomic mass is 32.2. The first-order valence-electron chi connectivity index (χ1n) is 7.90. The number of non-ortho nitro benzene ring substituents is 1. The minimum Gasteiger partial charge on any atom is -0.296 e. The quantitative estimate of drug-likeness (QED) is 0.250. The molecule has 1 aromatic heterocycles. The number of benzene rings is 2. The number of nitro benzene ring substituents is 1. The third kappa shape index (κ3) is 5.51. The number of carbonyl (C=O) groups is 1. The van der Waals surface area contributed by atoms with Crippen LogP contribution in [0.5, 0.6) is 0 Å². The van der Waals surface area contributed by atoms with Gasteiger partial charge in [0, 0.05) is 23.4 Å². The Hall–Kier alpha value is -2.99. The number of thioether (sulfide) groups is 1. The summed E-state index contributed by atoms with van der Waals surface area (Å²) >= 11 is 2.31. The Morgan fingerprint density at radius 1 is 1.17 bits per heavy atom. The summed E-state index contributed by atoms with van der Waals surface area (Å²) in [5.41, 5.74) is -0.375. The van der Waals surface area contributed by atoms with Crippen LogP contribution >= 0.6 is 23.1 Å². The first kappa shape index (κ1) is 20.7. The van der Waals surface area contributed by atoms with Crippen LogP contribution in [0.25, 0.3) is 0 Å². The zero-order valence-corrected chi connectivity index (χ0v) is 16.0. The van der Waals surface area contributed by atoms with Crippen molar-refractivity contribution in [1.29, 1.82) is 0 Å². The maximum atomic E-state index is 12.8.